The first-order valence-corrected chi connectivity index (χ1v) is 3.26. The van der Waals surface area contributed by atoms with Gasteiger partial charge in [-0.1, -0.05) is 37.8 Å². The van der Waals surface area contributed by atoms with Crippen LogP contribution in [0.5, 0.6) is 0 Å². The quantitative estimate of drug-likeness (QED) is 0.670. The molecule has 0 atom stereocenters. The van der Waals surface area contributed by atoms with Crippen LogP contribution in [0.4, 0.5) is 0 Å². The Kier molecular flexibility index (Phi) is 5.43. The first-order valence-electron chi connectivity index (χ1n) is 3.26. The van der Waals surface area contributed by atoms with E-state index in [1.54, 1.807) is 7.05 Å². The summed E-state index contributed by atoms with van der Waals surface area (Å²) in [7, 11) is 1.75. The van der Waals surface area contributed by atoms with Gasteiger partial charge in [0.2, 0.25) is 0 Å². The van der Waals surface area contributed by atoms with Crippen LogP contribution in [0.3, 0.4) is 0 Å². The van der Waals surface area contributed by atoms with Gasteiger partial charge in [-0.3, -0.25) is 4.84 Å². The van der Waals surface area contributed by atoms with Crippen molar-refractivity contribution < 1.29 is 4.84 Å². The highest BCUT2D eigenvalue weighted by Crippen LogP contribution is 1.98. The second-order valence-corrected chi connectivity index (χ2v) is 1.98. The van der Waals surface area contributed by atoms with Crippen LogP contribution in [-0.2, 0) is 11.4 Å². The topological polar surface area (TPSA) is 21.3 Å². The fraction of sp³-hybridized carbons (Fsp3) is 0.333. The highest BCUT2D eigenvalue weighted by Gasteiger charge is 1.86. The number of nitrogens with one attached hydrogen (secondary N) is 1. The third kappa shape index (κ3) is 3.75. The molecule has 11 heavy (non-hydrogen) atoms. The molecule has 1 aromatic rings. The molecule has 0 aliphatic carbocycles. The van der Waals surface area contributed by atoms with Gasteiger partial charge in [-0.2, -0.15) is 0 Å². The molecular weight excluding hydrogens is 138 g/mol. The Morgan fingerprint density at radius 1 is 1.27 bits per heavy atom. The zero-order valence-corrected chi connectivity index (χ0v) is 6.00. The van der Waals surface area contributed by atoms with E-state index >= 15 is 0 Å². The standard InChI is InChI=1S/C8H11NO.CH4/c1-9-10-7-8-5-3-2-4-6-8;/h2-6,9H,7H2,1H3;1H4. The normalized spacial score (nSPS) is 8.82. The molecular formula is C9H15NO. The zero-order valence-electron chi connectivity index (χ0n) is 6.00. The van der Waals surface area contributed by atoms with E-state index in [1.807, 2.05) is 30.3 Å². The maximum atomic E-state index is 4.97. The lowest BCUT2D eigenvalue weighted by Crippen LogP contribution is -2.06. The third-order valence-corrected chi connectivity index (χ3v) is 1.23. The van der Waals surface area contributed by atoms with Gasteiger partial charge in [0, 0.05) is 7.05 Å². The van der Waals surface area contributed by atoms with Crippen molar-refractivity contribution in [3.63, 3.8) is 0 Å². The summed E-state index contributed by atoms with van der Waals surface area (Å²) in [6.07, 6.45) is 0. The van der Waals surface area contributed by atoms with E-state index in [4.69, 9.17) is 4.84 Å². The highest BCUT2D eigenvalue weighted by atomic mass is 16.6. The second-order valence-electron chi connectivity index (χ2n) is 1.98. The van der Waals surface area contributed by atoms with Crippen molar-refractivity contribution in [3.05, 3.63) is 35.9 Å². The first kappa shape index (κ1) is 10.1. The zero-order chi connectivity index (χ0) is 7.23. The van der Waals surface area contributed by atoms with E-state index in [2.05, 4.69) is 5.48 Å². The van der Waals surface area contributed by atoms with E-state index in [0.717, 1.165) is 0 Å². The molecule has 0 amide bonds. The molecule has 2 nitrogen and oxygen atoms in total. The minimum Gasteiger partial charge on any atom is -0.297 e. The van der Waals surface area contributed by atoms with Gasteiger partial charge in [-0.05, 0) is 5.56 Å². The predicted octanol–water partition coefficient (Wildman–Crippen LogP) is 1.97. The lowest BCUT2D eigenvalue weighted by Gasteiger charge is -1.99. The third-order valence-electron chi connectivity index (χ3n) is 1.23. The second kappa shape index (κ2) is 5.89. The molecule has 0 fully saturated rings. The molecule has 1 aromatic carbocycles. The molecule has 0 saturated carbocycles. The summed E-state index contributed by atoms with van der Waals surface area (Å²) in [6.45, 7) is 0.622. The van der Waals surface area contributed by atoms with Crippen molar-refractivity contribution in [2.24, 2.45) is 0 Å². The molecule has 2 heteroatoms. The number of hydrogen-bond donors (Lipinski definition) is 1. The van der Waals surface area contributed by atoms with Crippen molar-refractivity contribution in [2.45, 2.75) is 14.0 Å². The maximum absolute atomic E-state index is 4.97. The summed E-state index contributed by atoms with van der Waals surface area (Å²) in [5.41, 5.74) is 3.79. The van der Waals surface area contributed by atoms with Crippen molar-refractivity contribution >= 4 is 0 Å². The van der Waals surface area contributed by atoms with Crippen LogP contribution < -0.4 is 5.48 Å². The molecule has 0 aliphatic rings. The lowest BCUT2D eigenvalue weighted by atomic mass is 10.2. The number of hydroxylamine groups is 1. The van der Waals surface area contributed by atoms with E-state index in [1.165, 1.54) is 5.56 Å². The SMILES string of the molecule is C.CNOCc1ccccc1. The van der Waals surface area contributed by atoms with Crippen LogP contribution in [0.1, 0.15) is 13.0 Å². The molecule has 0 aromatic heterocycles. The fourth-order valence-corrected chi connectivity index (χ4v) is 0.730. The minimum atomic E-state index is 0. The van der Waals surface area contributed by atoms with Gasteiger partial charge in [0.25, 0.3) is 0 Å². The van der Waals surface area contributed by atoms with Crippen LogP contribution in [0.25, 0.3) is 0 Å². The number of hydrogen-bond acceptors (Lipinski definition) is 2. The molecule has 0 spiro atoms. The Balaban J connectivity index is 0.000001000. The summed E-state index contributed by atoms with van der Waals surface area (Å²) in [6, 6.07) is 10.0. The van der Waals surface area contributed by atoms with Crippen LogP contribution in [0, 0.1) is 0 Å². The van der Waals surface area contributed by atoms with Crippen LogP contribution in [-0.4, -0.2) is 7.05 Å². The van der Waals surface area contributed by atoms with Gasteiger partial charge in [0.15, 0.2) is 0 Å². The Morgan fingerprint density at radius 2 is 1.91 bits per heavy atom. The summed E-state index contributed by atoms with van der Waals surface area (Å²) in [4.78, 5) is 4.97. The summed E-state index contributed by atoms with van der Waals surface area (Å²) in [5.74, 6) is 0. The Bertz CT molecular complexity index is 174. The molecule has 1 rings (SSSR count). The van der Waals surface area contributed by atoms with Crippen molar-refractivity contribution in [1.82, 2.24) is 5.48 Å². The van der Waals surface area contributed by atoms with Gasteiger partial charge >= 0.3 is 0 Å². The van der Waals surface area contributed by atoms with Crippen LogP contribution in [0.2, 0.25) is 0 Å². The molecule has 1 N–H and O–H groups in total. The minimum absolute atomic E-state index is 0. The maximum Gasteiger partial charge on any atom is 0.0932 e. The summed E-state index contributed by atoms with van der Waals surface area (Å²) < 4.78 is 0. The Morgan fingerprint density at radius 3 is 2.45 bits per heavy atom. The van der Waals surface area contributed by atoms with Crippen molar-refractivity contribution in [1.29, 1.82) is 0 Å². The molecule has 62 valence electrons. The predicted molar refractivity (Wildman–Crippen MR) is 47.0 cm³/mol. The molecule has 0 unspecified atom stereocenters. The molecule has 0 heterocycles. The molecule has 0 bridgehead atoms. The van der Waals surface area contributed by atoms with Crippen molar-refractivity contribution in [2.75, 3.05) is 7.05 Å². The van der Waals surface area contributed by atoms with E-state index < -0.39 is 0 Å². The highest BCUT2D eigenvalue weighted by molar-refractivity contribution is 5.13. The fourth-order valence-electron chi connectivity index (χ4n) is 0.730. The average molecular weight is 153 g/mol. The average Bonchev–Trinajstić information content (AvgIpc) is 2.03. The van der Waals surface area contributed by atoms with E-state index in [9.17, 15) is 0 Å². The van der Waals surface area contributed by atoms with Gasteiger partial charge in [0.1, 0.15) is 0 Å². The molecule has 0 saturated heterocycles. The molecule has 0 aliphatic heterocycles. The summed E-state index contributed by atoms with van der Waals surface area (Å²) in [5, 5.41) is 0. The Labute approximate surface area is 68.1 Å². The smallest absolute Gasteiger partial charge is 0.0932 e. The number of rotatable bonds is 3. The first-order chi connectivity index (χ1) is 4.93. The number of benzene rings is 1. The summed E-state index contributed by atoms with van der Waals surface area (Å²) >= 11 is 0. The van der Waals surface area contributed by atoms with Gasteiger partial charge in [-0.25, -0.2) is 5.48 Å². The monoisotopic (exact) mass is 153 g/mol. The van der Waals surface area contributed by atoms with E-state index in [-0.39, 0.29) is 7.43 Å². The van der Waals surface area contributed by atoms with Crippen LogP contribution in [0.15, 0.2) is 30.3 Å². The van der Waals surface area contributed by atoms with Crippen molar-refractivity contribution in [3.8, 4) is 0 Å². The Hall–Kier alpha value is -0.860. The van der Waals surface area contributed by atoms with Gasteiger partial charge in [-0.15, -0.1) is 0 Å². The lowest BCUT2D eigenvalue weighted by molar-refractivity contribution is 0.0444. The molecule has 0 radical (unpaired) electrons. The largest absolute Gasteiger partial charge is 0.297 e. The van der Waals surface area contributed by atoms with E-state index in [0.29, 0.717) is 6.61 Å². The van der Waals surface area contributed by atoms with Gasteiger partial charge < -0.3 is 0 Å². The van der Waals surface area contributed by atoms with Crippen LogP contribution >= 0.6 is 0 Å². The van der Waals surface area contributed by atoms with Gasteiger partial charge in [0.05, 0.1) is 6.61 Å².